The van der Waals surface area contributed by atoms with Crippen molar-refractivity contribution in [1.82, 2.24) is 0 Å². The predicted molar refractivity (Wildman–Crippen MR) is 44.5 cm³/mol. The van der Waals surface area contributed by atoms with E-state index in [2.05, 4.69) is 0 Å². The van der Waals surface area contributed by atoms with Crippen LogP contribution in [0.2, 0.25) is 0 Å². The number of carbonyl (C=O) groups excluding carboxylic acids is 1. The summed E-state index contributed by atoms with van der Waals surface area (Å²) in [5.41, 5.74) is 0.462. The van der Waals surface area contributed by atoms with Gasteiger partial charge in [0.15, 0.2) is 5.56 Å². The molecule has 0 saturated heterocycles. The van der Waals surface area contributed by atoms with E-state index in [1.807, 2.05) is 0 Å². The summed E-state index contributed by atoms with van der Waals surface area (Å²) >= 11 is -6.34. The Bertz CT molecular complexity index is 443. The SMILES string of the molecule is COc1cccc(C=[OH+])c1[OH2+].[O]=[U](=[O])([O-])[O-]. The van der Waals surface area contributed by atoms with Crippen LogP contribution in [0.1, 0.15) is 5.56 Å². The van der Waals surface area contributed by atoms with Crippen LogP contribution >= 0.6 is 0 Å². The average molecular weight is 456 g/mol. The quantitative estimate of drug-likeness (QED) is 0.377. The van der Waals surface area contributed by atoms with E-state index < -0.39 is 25.4 Å². The molecule has 88 valence electrons. The van der Waals surface area contributed by atoms with Gasteiger partial charge in [0.2, 0.25) is 5.75 Å². The summed E-state index contributed by atoms with van der Waals surface area (Å²) in [4.78, 5) is 8.64. The Hall–Kier alpha value is -0.938. The first-order valence-corrected chi connectivity index (χ1v) is 10.8. The molecule has 0 spiro atoms. The molecule has 0 aliphatic carbocycles. The Morgan fingerprint density at radius 1 is 1.44 bits per heavy atom. The Labute approximate surface area is 98.1 Å². The summed E-state index contributed by atoms with van der Waals surface area (Å²) < 4.78 is 39.5. The number of rotatable bonds is 2. The second kappa shape index (κ2) is 6.60. The van der Waals surface area contributed by atoms with E-state index in [1.165, 1.54) is 7.11 Å². The molecule has 3 N–H and O–H groups in total. The molecule has 1 aromatic rings. The number of ether oxygens (including phenoxy) is 1. The fourth-order valence-electron chi connectivity index (χ4n) is 0.826. The standard InChI is InChI=1S/C8H8O3.4O.U/c1-11-7-4-2-3-6(5-9)8(7)10;;;;;/h2-5,10H,1H3;;;;;/q;;;2*-1;/p+2. The van der Waals surface area contributed by atoms with E-state index in [-0.39, 0.29) is 5.75 Å². The van der Waals surface area contributed by atoms with Crippen molar-refractivity contribution < 1.29 is 49.8 Å². The second-order valence-electron chi connectivity index (χ2n) is 2.55. The number of methoxy groups -OCH3 is 1. The third kappa shape index (κ3) is 6.53. The van der Waals surface area contributed by atoms with Gasteiger partial charge in [0, 0.05) is 0 Å². The summed E-state index contributed by atoms with van der Waals surface area (Å²) in [5.74, 6) is 0.672. The van der Waals surface area contributed by atoms with Crippen molar-refractivity contribution in [3.05, 3.63) is 23.8 Å². The molecule has 0 aliphatic heterocycles. The first-order chi connectivity index (χ1) is 7.29. The van der Waals surface area contributed by atoms with Crippen LogP contribution < -0.4 is 9.96 Å². The van der Waals surface area contributed by atoms with Crippen LogP contribution in [-0.4, -0.2) is 23.3 Å². The molecule has 8 heteroatoms. The predicted octanol–water partition coefficient (Wildman–Crippen LogP) is -1.96. The Balaban J connectivity index is 0.000000385. The average Bonchev–Trinajstić information content (AvgIpc) is 2.16. The molecule has 7 nitrogen and oxygen atoms in total. The zero-order valence-electron chi connectivity index (χ0n) is 8.30. The van der Waals surface area contributed by atoms with Crippen LogP contribution in [-0.2, 0) is 4.47 Å². The molecule has 1 aromatic carbocycles. The molecule has 0 amide bonds. The number of para-hydroxylation sites is 1. The van der Waals surface area contributed by atoms with Gasteiger partial charge in [-0.05, 0) is 12.1 Å². The van der Waals surface area contributed by atoms with Gasteiger partial charge in [0.1, 0.15) is 0 Å². The fourth-order valence-corrected chi connectivity index (χ4v) is 0.826. The van der Waals surface area contributed by atoms with Gasteiger partial charge in [-0.3, -0.25) is 4.79 Å². The number of hydrogen-bond donors (Lipinski definition) is 0. The van der Waals surface area contributed by atoms with Gasteiger partial charge in [0.25, 0.3) is 0 Å². The van der Waals surface area contributed by atoms with Crippen molar-refractivity contribution in [2.75, 3.05) is 7.11 Å². The number of benzene rings is 1. The summed E-state index contributed by atoms with van der Waals surface area (Å²) in [5, 5.41) is 7.43. The molecule has 0 aromatic heterocycles. The normalized spacial score (nSPS) is 9.94. The van der Waals surface area contributed by atoms with Gasteiger partial charge < -0.3 is 9.84 Å². The molecular weight excluding hydrogens is 446 g/mol. The third-order valence-electron chi connectivity index (χ3n) is 1.42. The van der Waals surface area contributed by atoms with Crippen molar-refractivity contribution in [2.24, 2.45) is 0 Å². The molecule has 0 bridgehead atoms. The first kappa shape index (κ1) is 15.1. The Morgan fingerprint density at radius 3 is 2.31 bits per heavy atom. The second-order valence-corrected chi connectivity index (χ2v) is 6.72. The first-order valence-electron chi connectivity index (χ1n) is 3.97. The van der Waals surface area contributed by atoms with Crippen molar-refractivity contribution in [3.8, 4) is 11.5 Å². The molecule has 0 aliphatic rings. The molecule has 0 unspecified atom stereocenters. The van der Waals surface area contributed by atoms with Crippen molar-refractivity contribution in [3.63, 3.8) is 0 Å². The number of aldehydes is 1. The molecular formula is C8H10O7U. The van der Waals surface area contributed by atoms with E-state index in [0.29, 0.717) is 11.3 Å². The van der Waals surface area contributed by atoms with Gasteiger partial charge in [-0.1, -0.05) is 6.07 Å². The number of hydrogen-bond acceptors (Lipinski definition) is 5. The molecule has 0 atom stereocenters. The van der Waals surface area contributed by atoms with Crippen LogP contribution in [0.3, 0.4) is 0 Å². The molecule has 0 radical (unpaired) electrons. The fraction of sp³-hybridized carbons (Fsp3) is 0.125. The molecule has 0 saturated carbocycles. The van der Waals surface area contributed by atoms with E-state index in [4.69, 9.17) is 24.3 Å². The molecule has 1 rings (SSSR count). The van der Waals surface area contributed by atoms with Crippen molar-refractivity contribution in [2.45, 2.75) is 0 Å². The van der Waals surface area contributed by atoms with Gasteiger partial charge >= 0.3 is 47.2 Å². The Kier molecular flexibility index (Phi) is 6.22. The zero-order valence-corrected chi connectivity index (χ0v) is 12.5. The molecule has 0 heterocycles. The van der Waals surface area contributed by atoms with Gasteiger partial charge in [0.05, 0.1) is 7.11 Å². The maximum absolute atomic E-state index is 8.67. The van der Waals surface area contributed by atoms with Gasteiger partial charge in [-0.15, -0.1) is 0 Å². The summed E-state index contributed by atoms with van der Waals surface area (Å²) in [7, 11) is 1.49. The van der Waals surface area contributed by atoms with E-state index in [9.17, 15) is 0 Å². The molecule has 16 heavy (non-hydrogen) atoms. The van der Waals surface area contributed by atoms with Crippen LogP contribution in [0.15, 0.2) is 18.2 Å². The van der Waals surface area contributed by atoms with Crippen LogP contribution in [0, 0.1) is 25.4 Å². The van der Waals surface area contributed by atoms with E-state index in [1.54, 1.807) is 18.2 Å². The van der Waals surface area contributed by atoms with Gasteiger partial charge in [-0.25, -0.2) is 0 Å². The van der Waals surface area contributed by atoms with Crippen molar-refractivity contribution >= 4 is 6.29 Å². The van der Waals surface area contributed by atoms with E-state index >= 15 is 0 Å². The maximum atomic E-state index is 8.67. The topological polar surface area (TPSA) is 134 Å². The van der Waals surface area contributed by atoms with Crippen LogP contribution in [0.25, 0.3) is 0 Å². The Morgan fingerprint density at radius 2 is 1.94 bits per heavy atom. The van der Waals surface area contributed by atoms with Crippen molar-refractivity contribution in [1.29, 1.82) is 0 Å². The monoisotopic (exact) mass is 456 g/mol. The van der Waals surface area contributed by atoms with E-state index in [0.717, 1.165) is 6.29 Å². The van der Waals surface area contributed by atoms with Crippen LogP contribution in [0.5, 0.6) is 11.5 Å². The van der Waals surface area contributed by atoms with Gasteiger partial charge in [-0.2, -0.15) is 0 Å². The summed E-state index contributed by atoms with van der Waals surface area (Å²) in [6, 6.07) is 5.04. The summed E-state index contributed by atoms with van der Waals surface area (Å²) in [6.07, 6.45) is 0.894. The summed E-state index contributed by atoms with van der Waals surface area (Å²) in [6.45, 7) is 0. The third-order valence-corrected chi connectivity index (χ3v) is 1.42. The zero-order chi connectivity index (χ0) is 12.8. The minimum absolute atomic E-state index is 0.206. The van der Waals surface area contributed by atoms with Crippen LogP contribution in [0.4, 0.5) is 0 Å². The minimum atomic E-state index is -6.34. The molecule has 0 fully saturated rings.